The molecule has 1 N–H and O–H groups in total. The molecule has 0 amide bonds. The van der Waals surface area contributed by atoms with Crippen molar-refractivity contribution in [1.82, 2.24) is 0 Å². The zero-order valence-electron chi connectivity index (χ0n) is 6.39. The van der Waals surface area contributed by atoms with Gasteiger partial charge >= 0.3 is 58.5 Å². The van der Waals surface area contributed by atoms with Gasteiger partial charge in [-0.1, -0.05) is 3.89 Å². The fourth-order valence-electron chi connectivity index (χ4n) is 0. The van der Waals surface area contributed by atoms with Crippen LogP contribution in [0.3, 0.4) is 0 Å². The second kappa shape index (κ2) is 4.67. The second-order valence-corrected chi connectivity index (χ2v) is 3.15. The van der Waals surface area contributed by atoms with Gasteiger partial charge in [0.2, 0.25) is 0 Å². The van der Waals surface area contributed by atoms with Crippen LogP contribution in [-0.4, -0.2) is 13.0 Å². The Morgan fingerprint density at radius 1 is 1.08 bits per heavy atom. The summed E-state index contributed by atoms with van der Waals surface area (Å²) in [6.07, 6.45) is 0. The van der Waals surface area contributed by atoms with Gasteiger partial charge in [-0.3, -0.25) is 4.55 Å². The Labute approximate surface area is 77.4 Å². The quantitative estimate of drug-likeness (QED) is 0.208. The van der Waals surface area contributed by atoms with E-state index in [1.54, 1.807) is 0 Å². The van der Waals surface area contributed by atoms with Crippen LogP contribution >= 0.6 is 8.16 Å². The fraction of sp³-hybridized carbons (Fsp3) is 0. The molecule has 0 unspecified atom stereocenters. The molecule has 0 aromatic carbocycles. The van der Waals surface area contributed by atoms with Gasteiger partial charge in [-0.25, -0.2) is 0 Å². The van der Waals surface area contributed by atoms with Crippen LogP contribution in [-0.2, 0) is 10.5 Å². The molecule has 0 aliphatic carbocycles. The Bertz CT molecular complexity index is 193. The molecule has 0 rings (SSSR count). The predicted molar refractivity (Wildman–Crippen MR) is 26.2 cm³/mol. The summed E-state index contributed by atoms with van der Waals surface area (Å²) in [5, 5.41) is 0. The predicted octanol–water partition coefficient (Wildman–Crippen LogP) is -0.163. The van der Waals surface area contributed by atoms with Gasteiger partial charge in [0.1, 0.15) is 0 Å². The topological polar surface area (TPSA) is 54.4 Å². The summed E-state index contributed by atoms with van der Waals surface area (Å²) in [6.45, 7) is 0. The molecule has 0 radical (unpaired) electrons. The summed E-state index contributed by atoms with van der Waals surface area (Å²) in [5.41, 5.74) is 0. The average Bonchev–Trinajstić information content (AvgIpc) is 1.07. The second-order valence-electron chi connectivity index (χ2n) is 1.05. The van der Waals surface area contributed by atoms with E-state index >= 15 is 0 Å². The van der Waals surface area contributed by atoms with Crippen molar-refractivity contribution in [1.29, 1.82) is 0 Å². The van der Waals surface area contributed by atoms with E-state index in [4.69, 9.17) is 13.0 Å². The summed E-state index contributed by atoms with van der Waals surface area (Å²) in [6, 6.07) is 0. The van der Waals surface area contributed by atoms with Crippen LogP contribution in [0.15, 0.2) is 0 Å². The Kier molecular flexibility index (Phi) is 7.13. The van der Waals surface area contributed by atoms with Crippen LogP contribution in [0.1, 0.15) is 1.43 Å². The minimum atomic E-state index is -8.55. The molecule has 0 aliphatic heterocycles. The third-order valence-corrected chi connectivity index (χ3v) is 0. The number of halogens is 6. The summed E-state index contributed by atoms with van der Waals surface area (Å²) in [4.78, 5) is 0. The first-order chi connectivity index (χ1) is 4.24. The third kappa shape index (κ3) is 3560. The van der Waals surface area contributed by atoms with E-state index < -0.39 is 18.7 Å². The molecule has 3 nitrogen and oxygen atoms in total. The monoisotopic (exact) mass is 234 g/mol. The van der Waals surface area contributed by atoms with Crippen LogP contribution in [0.5, 0.6) is 0 Å². The Balaban J connectivity index is -0.0000000546. The van der Waals surface area contributed by atoms with Crippen molar-refractivity contribution in [3.05, 3.63) is 0 Å². The molecule has 0 fully saturated rings. The van der Waals surface area contributed by atoms with Crippen molar-refractivity contribution in [2.75, 3.05) is 0 Å². The van der Waals surface area contributed by atoms with Gasteiger partial charge in [-0.2, -0.15) is 8.42 Å². The van der Waals surface area contributed by atoms with Gasteiger partial charge in [0.05, 0.1) is 0 Å². The van der Waals surface area contributed by atoms with Gasteiger partial charge in [0.25, 0.3) is 0 Å². The van der Waals surface area contributed by atoms with E-state index in [-0.39, 0.29) is 20.3 Å². The van der Waals surface area contributed by atoms with Gasteiger partial charge in [-0.15, -0.1) is 0 Å². The molecule has 12 heteroatoms. The third-order valence-electron chi connectivity index (χ3n) is 0. The minimum Gasteiger partial charge on any atom is -1.00 e. The molecular weight excluding hydrogens is 232 g/mol. The summed E-state index contributed by atoms with van der Waals surface area (Å²) in [7, 11) is -13.7. The van der Waals surface area contributed by atoms with Gasteiger partial charge in [0, 0.05) is 0 Å². The zero-order valence-corrected chi connectivity index (χ0v) is 7.10. The number of hydrogen-bond acceptors (Lipinski definition) is 2. The van der Waals surface area contributed by atoms with Crippen molar-refractivity contribution in [3.8, 4) is 0 Å². The summed E-state index contributed by atoms with van der Waals surface area (Å²) < 4.78 is 83.3. The maximum atomic E-state index is 10.2. The maximum absolute atomic E-state index is 10.2. The molecule has 0 aliphatic rings. The van der Waals surface area contributed by atoms with Crippen LogP contribution in [0.25, 0.3) is 0 Å². The molecule has 0 aromatic rings. The zero-order chi connectivity index (χ0) is 9.95. The summed E-state index contributed by atoms with van der Waals surface area (Å²) >= 11 is 0. The van der Waals surface area contributed by atoms with Crippen molar-refractivity contribution < 1.29 is 58.1 Å². The SMILES string of the molecule is FP(F)(F)(F)F.O=S(=O)(O)F.[H-].[Li+]. The largest absolute Gasteiger partial charge is 1.00 e. The summed E-state index contributed by atoms with van der Waals surface area (Å²) in [5.74, 6) is 0. The number of rotatable bonds is 0. The molecule has 0 aromatic heterocycles. The van der Waals surface area contributed by atoms with Crippen molar-refractivity contribution in [2.45, 2.75) is 0 Å². The van der Waals surface area contributed by atoms with Gasteiger partial charge in [-0.05, 0) is 0 Å². The Morgan fingerprint density at radius 3 is 1.08 bits per heavy atom. The Hall–Kier alpha value is 0.517. The maximum Gasteiger partial charge on any atom is 1.00 e. The first-order valence-electron chi connectivity index (χ1n) is 1.52. The van der Waals surface area contributed by atoms with E-state index in [0.29, 0.717) is 0 Å². The van der Waals surface area contributed by atoms with E-state index in [9.17, 15) is 24.9 Å². The van der Waals surface area contributed by atoms with Crippen molar-refractivity contribution in [2.24, 2.45) is 0 Å². The van der Waals surface area contributed by atoms with E-state index in [0.717, 1.165) is 0 Å². The minimum absolute atomic E-state index is 0. The Morgan fingerprint density at radius 2 is 1.08 bits per heavy atom. The van der Waals surface area contributed by atoms with Crippen LogP contribution in [0, 0.1) is 0 Å². The van der Waals surface area contributed by atoms with Crippen LogP contribution < -0.4 is 18.9 Å². The molecule has 0 saturated carbocycles. The van der Waals surface area contributed by atoms with Crippen molar-refractivity contribution in [3.63, 3.8) is 0 Å². The molecular formula is H2F6LiO3PS. The van der Waals surface area contributed by atoms with Gasteiger partial charge in [0.15, 0.2) is 0 Å². The van der Waals surface area contributed by atoms with E-state index in [2.05, 4.69) is 0 Å². The first-order valence-corrected chi connectivity index (χ1v) is 4.55. The average molecular weight is 234 g/mol. The van der Waals surface area contributed by atoms with Crippen molar-refractivity contribution >= 4 is 18.7 Å². The molecule has 0 atom stereocenters. The molecule has 12 heavy (non-hydrogen) atoms. The molecule has 74 valence electrons. The smallest absolute Gasteiger partial charge is 1.00 e. The van der Waals surface area contributed by atoms with E-state index in [1.165, 1.54) is 0 Å². The molecule has 0 bridgehead atoms. The molecule has 0 spiro atoms. The standard InChI is InChI=1S/F5P.FHO3S.Li.H/c1-6(2,3,4)5;1-5(2,3)4;;/h;(H,2,3,4);;/q;;+1;-1. The van der Waals surface area contributed by atoms with Gasteiger partial charge < -0.3 is 1.43 Å². The molecule has 0 saturated heterocycles. The van der Waals surface area contributed by atoms with E-state index in [1.807, 2.05) is 0 Å². The first kappa shape index (κ1) is 18.3. The number of hydrogen-bond donors (Lipinski definition) is 1. The van der Waals surface area contributed by atoms with Crippen LogP contribution in [0.4, 0.5) is 24.9 Å². The van der Waals surface area contributed by atoms with Crippen LogP contribution in [0.2, 0.25) is 0 Å². The fourth-order valence-corrected chi connectivity index (χ4v) is 0. The normalized spacial score (nSPS) is 14.4. The molecule has 0 heterocycles.